The Kier molecular flexibility index (Phi) is 3.55. The van der Waals surface area contributed by atoms with Crippen LogP contribution in [0.1, 0.15) is 29.9 Å². The van der Waals surface area contributed by atoms with Crippen LogP contribution in [0, 0.1) is 0 Å². The lowest BCUT2D eigenvalue weighted by Crippen LogP contribution is -2.45. The van der Waals surface area contributed by atoms with E-state index in [1.807, 2.05) is 12.1 Å². The molecule has 1 saturated heterocycles. The van der Waals surface area contributed by atoms with Gasteiger partial charge in [-0.25, -0.2) is 0 Å². The van der Waals surface area contributed by atoms with Gasteiger partial charge in [0, 0.05) is 30.7 Å². The summed E-state index contributed by atoms with van der Waals surface area (Å²) in [7, 11) is 0. The van der Waals surface area contributed by atoms with E-state index >= 15 is 0 Å². The summed E-state index contributed by atoms with van der Waals surface area (Å²) in [5, 5.41) is 4.84. The molecule has 0 amide bonds. The van der Waals surface area contributed by atoms with Crippen molar-refractivity contribution in [3.8, 4) is 11.1 Å². The molecule has 4 heteroatoms. The number of nitrogens with zero attached hydrogens (tertiary/aromatic N) is 1. The second kappa shape index (κ2) is 5.66. The Bertz CT molecular complexity index is 818. The van der Waals surface area contributed by atoms with Crippen molar-refractivity contribution in [2.24, 2.45) is 0 Å². The summed E-state index contributed by atoms with van der Waals surface area (Å²) < 4.78 is 0. The third-order valence-corrected chi connectivity index (χ3v) is 6.59. The van der Waals surface area contributed by atoms with E-state index in [0.717, 1.165) is 18.7 Å². The van der Waals surface area contributed by atoms with Gasteiger partial charge in [0.05, 0.1) is 10.0 Å². The lowest BCUT2D eigenvalue weighted by atomic mass is 9.87. The molecule has 0 bridgehead atoms. The van der Waals surface area contributed by atoms with Gasteiger partial charge in [0.1, 0.15) is 0 Å². The number of piperidine rings is 1. The molecule has 3 heterocycles. The molecule has 2 aromatic carbocycles. The topological polar surface area (TPSA) is 15.3 Å². The number of rotatable bonds is 1. The predicted octanol–water partition coefficient (Wildman–Crippen LogP) is 4.87. The first-order valence-corrected chi connectivity index (χ1v) is 9.57. The minimum Gasteiger partial charge on any atom is -0.367 e. The Morgan fingerprint density at radius 3 is 2.83 bits per heavy atom. The average molecular weight is 359 g/mol. The molecule has 1 N–H and O–H groups in total. The van der Waals surface area contributed by atoms with Crippen LogP contribution in [0.2, 0.25) is 10.0 Å². The number of benzene rings is 2. The number of hydrogen-bond donors (Lipinski definition) is 1. The summed E-state index contributed by atoms with van der Waals surface area (Å²) in [4.78, 5) is 2.69. The third kappa shape index (κ3) is 2.20. The molecule has 124 valence electrons. The van der Waals surface area contributed by atoms with E-state index in [2.05, 4.69) is 28.4 Å². The lowest BCUT2D eigenvalue weighted by Gasteiger charge is -2.36. The van der Waals surface area contributed by atoms with E-state index in [9.17, 15) is 0 Å². The lowest BCUT2D eigenvalue weighted by molar-refractivity contribution is 0.400. The van der Waals surface area contributed by atoms with Gasteiger partial charge in [-0.3, -0.25) is 0 Å². The van der Waals surface area contributed by atoms with Crippen LogP contribution in [0.3, 0.4) is 0 Å². The number of fused-ring (bicyclic) bond motifs is 3. The fraction of sp³-hybridized carbons (Fsp3) is 0.400. The van der Waals surface area contributed by atoms with E-state index in [1.165, 1.54) is 48.2 Å². The van der Waals surface area contributed by atoms with Gasteiger partial charge in [-0.05, 0) is 72.3 Å². The first-order valence-electron chi connectivity index (χ1n) is 8.82. The summed E-state index contributed by atoms with van der Waals surface area (Å²) in [5.41, 5.74) is 7.01. The summed E-state index contributed by atoms with van der Waals surface area (Å²) in [6.07, 6.45) is 3.69. The van der Waals surface area contributed by atoms with Crippen LogP contribution >= 0.6 is 23.2 Å². The largest absolute Gasteiger partial charge is 0.367 e. The van der Waals surface area contributed by atoms with Crippen molar-refractivity contribution in [1.29, 1.82) is 0 Å². The van der Waals surface area contributed by atoms with Gasteiger partial charge in [-0.1, -0.05) is 29.3 Å². The molecule has 0 radical (unpaired) electrons. The van der Waals surface area contributed by atoms with E-state index in [-0.39, 0.29) is 0 Å². The highest BCUT2D eigenvalue weighted by molar-refractivity contribution is 6.42. The molecule has 0 saturated carbocycles. The van der Waals surface area contributed by atoms with Gasteiger partial charge in [0.2, 0.25) is 0 Å². The molecule has 0 aliphatic carbocycles. The van der Waals surface area contributed by atoms with Gasteiger partial charge in [-0.15, -0.1) is 0 Å². The van der Waals surface area contributed by atoms with Gasteiger partial charge in [0.25, 0.3) is 0 Å². The zero-order valence-corrected chi connectivity index (χ0v) is 15.0. The fourth-order valence-corrected chi connectivity index (χ4v) is 5.10. The summed E-state index contributed by atoms with van der Waals surface area (Å²) in [6, 6.07) is 11.4. The fourth-order valence-electron chi connectivity index (χ4n) is 4.80. The number of hydrogen-bond acceptors (Lipinski definition) is 2. The molecule has 0 unspecified atom stereocenters. The molecule has 1 fully saturated rings. The minimum atomic E-state index is 0.616. The maximum absolute atomic E-state index is 6.25. The Morgan fingerprint density at radius 1 is 1.04 bits per heavy atom. The molecule has 2 atom stereocenters. The van der Waals surface area contributed by atoms with Gasteiger partial charge < -0.3 is 10.2 Å². The molecule has 24 heavy (non-hydrogen) atoms. The smallest absolute Gasteiger partial charge is 0.0598 e. The zero-order valence-electron chi connectivity index (χ0n) is 13.5. The zero-order chi connectivity index (χ0) is 16.3. The minimum absolute atomic E-state index is 0.616. The third-order valence-electron chi connectivity index (χ3n) is 5.85. The van der Waals surface area contributed by atoms with Gasteiger partial charge in [-0.2, -0.15) is 0 Å². The van der Waals surface area contributed by atoms with Crippen molar-refractivity contribution < 1.29 is 0 Å². The van der Waals surface area contributed by atoms with Crippen molar-refractivity contribution in [3.63, 3.8) is 0 Å². The Hall–Kier alpha value is -1.22. The van der Waals surface area contributed by atoms with Gasteiger partial charge in [0.15, 0.2) is 0 Å². The molecular formula is C20H20Cl2N2. The van der Waals surface area contributed by atoms with Crippen LogP contribution in [-0.4, -0.2) is 25.7 Å². The molecule has 5 rings (SSSR count). The summed E-state index contributed by atoms with van der Waals surface area (Å²) in [6.45, 7) is 3.45. The standard InChI is InChI=1S/C20H20Cl2N2/c21-17-4-3-12(10-18(17)22)14-8-13-2-1-7-24-19-5-6-23-11-16(19)15(9-14)20(13)24/h3-4,8-10,16,19,23H,1-2,5-7,11H2/t16-,19-/m1/s1. The second-order valence-electron chi connectivity index (χ2n) is 7.17. The quantitative estimate of drug-likeness (QED) is 0.781. The van der Waals surface area contributed by atoms with Crippen LogP contribution < -0.4 is 10.2 Å². The molecule has 3 aliphatic rings. The first kappa shape index (κ1) is 15.1. The van der Waals surface area contributed by atoms with E-state index in [4.69, 9.17) is 23.2 Å². The van der Waals surface area contributed by atoms with Crippen molar-refractivity contribution in [1.82, 2.24) is 5.32 Å². The van der Waals surface area contributed by atoms with Crippen molar-refractivity contribution in [2.45, 2.75) is 31.2 Å². The Morgan fingerprint density at radius 2 is 1.96 bits per heavy atom. The van der Waals surface area contributed by atoms with Crippen LogP contribution in [0.5, 0.6) is 0 Å². The number of aryl methyl sites for hydroxylation is 1. The Balaban J connectivity index is 1.67. The number of halogens is 2. The van der Waals surface area contributed by atoms with Crippen LogP contribution in [0.4, 0.5) is 5.69 Å². The van der Waals surface area contributed by atoms with Crippen molar-refractivity contribution >= 4 is 28.9 Å². The SMILES string of the molecule is Clc1ccc(-c2cc3c4c(c2)[C@H]2CNCC[C@H]2N4CCC3)cc1Cl. The van der Waals surface area contributed by atoms with Crippen molar-refractivity contribution in [2.75, 3.05) is 24.5 Å². The molecule has 2 nitrogen and oxygen atoms in total. The molecule has 0 spiro atoms. The molecular weight excluding hydrogens is 339 g/mol. The van der Waals surface area contributed by atoms with Crippen LogP contribution in [-0.2, 0) is 6.42 Å². The summed E-state index contributed by atoms with van der Waals surface area (Å²) in [5.74, 6) is 0.619. The maximum atomic E-state index is 6.25. The average Bonchev–Trinajstić information content (AvgIpc) is 2.94. The highest BCUT2D eigenvalue weighted by Gasteiger charge is 2.42. The number of anilines is 1. The summed E-state index contributed by atoms with van der Waals surface area (Å²) >= 11 is 12.3. The first-order chi connectivity index (χ1) is 11.7. The molecule has 3 aliphatic heterocycles. The maximum Gasteiger partial charge on any atom is 0.0598 e. The van der Waals surface area contributed by atoms with Crippen molar-refractivity contribution in [3.05, 3.63) is 51.5 Å². The van der Waals surface area contributed by atoms with Crippen LogP contribution in [0.15, 0.2) is 30.3 Å². The number of nitrogens with one attached hydrogen (secondary N) is 1. The molecule has 0 aromatic heterocycles. The van der Waals surface area contributed by atoms with E-state index < -0.39 is 0 Å². The highest BCUT2D eigenvalue weighted by atomic mass is 35.5. The normalized spacial score (nSPS) is 24.7. The van der Waals surface area contributed by atoms with E-state index in [0.29, 0.717) is 22.0 Å². The highest BCUT2D eigenvalue weighted by Crippen LogP contribution is 2.49. The molecule has 2 aromatic rings. The van der Waals surface area contributed by atoms with Crippen LogP contribution in [0.25, 0.3) is 11.1 Å². The van der Waals surface area contributed by atoms with Gasteiger partial charge >= 0.3 is 0 Å². The Labute approximate surface area is 152 Å². The predicted molar refractivity (Wildman–Crippen MR) is 102 cm³/mol. The van der Waals surface area contributed by atoms with E-state index in [1.54, 1.807) is 0 Å². The monoisotopic (exact) mass is 358 g/mol. The second-order valence-corrected chi connectivity index (χ2v) is 7.98.